The van der Waals surface area contributed by atoms with Crippen LogP contribution in [0, 0.1) is 13.8 Å². The minimum absolute atomic E-state index is 0.152. The second kappa shape index (κ2) is 8.22. The van der Waals surface area contributed by atoms with Crippen LogP contribution >= 0.6 is 0 Å². The molecule has 2 rings (SSSR count). The molecule has 0 bridgehead atoms. The van der Waals surface area contributed by atoms with Crippen LogP contribution in [0.4, 0.5) is 0 Å². The highest BCUT2D eigenvalue weighted by molar-refractivity contribution is 5.80. The number of benzene rings is 2. The molecule has 0 spiro atoms. The zero-order valence-electron chi connectivity index (χ0n) is 13.8. The molecule has 0 aliphatic rings. The van der Waals surface area contributed by atoms with Gasteiger partial charge in [0.15, 0.2) is 6.10 Å². The number of hydrogen-bond donors (Lipinski definition) is 1. The molecule has 0 unspecified atom stereocenters. The van der Waals surface area contributed by atoms with Crippen molar-refractivity contribution in [3.8, 4) is 11.5 Å². The molecule has 23 heavy (non-hydrogen) atoms. The van der Waals surface area contributed by atoms with Gasteiger partial charge in [0.05, 0.1) is 6.54 Å². The van der Waals surface area contributed by atoms with Crippen LogP contribution in [0.1, 0.15) is 18.1 Å². The van der Waals surface area contributed by atoms with E-state index in [1.165, 1.54) is 5.56 Å². The number of aryl methyl sites for hydroxylation is 2. The van der Waals surface area contributed by atoms with Crippen molar-refractivity contribution in [2.24, 2.45) is 0 Å². The lowest BCUT2D eigenvalue weighted by molar-refractivity contribution is -0.127. The van der Waals surface area contributed by atoms with E-state index in [1.54, 1.807) is 6.92 Å². The molecule has 1 atom stereocenters. The summed E-state index contributed by atoms with van der Waals surface area (Å²) in [5.41, 5.74) is 2.20. The first kappa shape index (κ1) is 16.9. The highest BCUT2D eigenvalue weighted by Crippen LogP contribution is 2.17. The van der Waals surface area contributed by atoms with Gasteiger partial charge in [0.1, 0.15) is 18.1 Å². The van der Waals surface area contributed by atoms with Gasteiger partial charge >= 0.3 is 0 Å². The van der Waals surface area contributed by atoms with Gasteiger partial charge in [-0.1, -0.05) is 35.9 Å². The molecule has 0 saturated heterocycles. The van der Waals surface area contributed by atoms with E-state index in [0.717, 1.165) is 17.1 Å². The molecule has 0 radical (unpaired) electrons. The number of carbonyl (C=O) groups is 1. The molecule has 0 fully saturated rings. The molecule has 122 valence electrons. The lowest BCUT2D eigenvalue weighted by Gasteiger charge is -2.16. The second-order valence-corrected chi connectivity index (χ2v) is 5.48. The summed E-state index contributed by atoms with van der Waals surface area (Å²) in [7, 11) is 0. The van der Waals surface area contributed by atoms with Gasteiger partial charge < -0.3 is 14.8 Å². The fraction of sp³-hybridized carbons (Fsp3) is 0.316. The first-order chi connectivity index (χ1) is 11.1. The van der Waals surface area contributed by atoms with Crippen LogP contribution in [0.25, 0.3) is 0 Å². The highest BCUT2D eigenvalue weighted by atomic mass is 16.5. The smallest absolute Gasteiger partial charge is 0.260 e. The molecule has 0 saturated carbocycles. The quantitative estimate of drug-likeness (QED) is 0.798. The van der Waals surface area contributed by atoms with Crippen LogP contribution in [0.15, 0.2) is 48.5 Å². The molecule has 0 aliphatic heterocycles. The molecule has 2 aromatic rings. The number of carbonyl (C=O) groups excluding carboxylic acids is 1. The summed E-state index contributed by atoms with van der Waals surface area (Å²) >= 11 is 0. The Hall–Kier alpha value is -2.49. The molecule has 4 nitrogen and oxygen atoms in total. The summed E-state index contributed by atoms with van der Waals surface area (Å²) in [5.74, 6) is 1.38. The fourth-order valence-corrected chi connectivity index (χ4v) is 2.05. The van der Waals surface area contributed by atoms with E-state index in [-0.39, 0.29) is 5.91 Å². The highest BCUT2D eigenvalue weighted by Gasteiger charge is 2.14. The maximum atomic E-state index is 12.0. The van der Waals surface area contributed by atoms with Crippen molar-refractivity contribution in [2.45, 2.75) is 26.9 Å². The third-order valence-corrected chi connectivity index (χ3v) is 3.46. The van der Waals surface area contributed by atoms with Crippen molar-refractivity contribution in [3.63, 3.8) is 0 Å². The van der Waals surface area contributed by atoms with E-state index in [9.17, 15) is 4.79 Å². The summed E-state index contributed by atoms with van der Waals surface area (Å²) in [6, 6.07) is 15.5. The van der Waals surface area contributed by atoms with Crippen LogP contribution < -0.4 is 14.8 Å². The van der Waals surface area contributed by atoms with E-state index in [1.807, 2.05) is 62.4 Å². The van der Waals surface area contributed by atoms with Crippen molar-refractivity contribution in [3.05, 3.63) is 59.7 Å². The Kier molecular flexibility index (Phi) is 6.03. The monoisotopic (exact) mass is 313 g/mol. The Labute approximate surface area is 137 Å². The zero-order chi connectivity index (χ0) is 16.7. The standard InChI is InChI=1S/C19H23NO3/c1-14-8-10-17(11-9-14)22-13-12-20-19(21)16(3)23-18-7-5-4-6-15(18)2/h4-11,16H,12-13H2,1-3H3,(H,20,21)/t16-/m1/s1. The predicted molar refractivity (Wildman–Crippen MR) is 91.0 cm³/mol. The SMILES string of the molecule is Cc1ccc(OCCNC(=O)[C@@H](C)Oc2ccccc2C)cc1. The number of amides is 1. The predicted octanol–water partition coefficient (Wildman–Crippen LogP) is 3.27. The summed E-state index contributed by atoms with van der Waals surface area (Å²) in [5, 5.41) is 2.81. The van der Waals surface area contributed by atoms with Gasteiger partial charge in [0.2, 0.25) is 0 Å². The van der Waals surface area contributed by atoms with Gasteiger partial charge in [-0.3, -0.25) is 4.79 Å². The summed E-state index contributed by atoms with van der Waals surface area (Å²) < 4.78 is 11.3. The Bertz CT molecular complexity index is 637. The van der Waals surface area contributed by atoms with Crippen molar-refractivity contribution in [1.29, 1.82) is 0 Å². The van der Waals surface area contributed by atoms with Gasteiger partial charge in [-0.05, 0) is 44.5 Å². The van der Waals surface area contributed by atoms with E-state index in [4.69, 9.17) is 9.47 Å². The van der Waals surface area contributed by atoms with Gasteiger partial charge in [0.25, 0.3) is 5.91 Å². The first-order valence-electron chi connectivity index (χ1n) is 7.76. The third kappa shape index (κ3) is 5.33. The topological polar surface area (TPSA) is 47.6 Å². The van der Waals surface area contributed by atoms with Crippen LogP contribution in [-0.2, 0) is 4.79 Å². The molecule has 0 heterocycles. The van der Waals surface area contributed by atoms with Crippen LogP contribution in [-0.4, -0.2) is 25.2 Å². The van der Waals surface area contributed by atoms with Crippen LogP contribution in [0.3, 0.4) is 0 Å². The lowest BCUT2D eigenvalue weighted by Crippen LogP contribution is -2.38. The third-order valence-electron chi connectivity index (χ3n) is 3.46. The van der Waals surface area contributed by atoms with E-state index >= 15 is 0 Å². The summed E-state index contributed by atoms with van der Waals surface area (Å²) in [6.45, 7) is 6.58. The molecule has 1 N–H and O–H groups in total. The van der Waals surface area contributed by atoms with E-state index in [0.29, 0.717) is 13.2 Å². The van der Waals surface area contributed by atoms with Crippen molar-refractivity contribution >= 4 is 5.91 Å². The van der Waals surface area contributed by atoms with Crippen molar-refractivity contribution in [2.75, 3.05) is 13.2 Å². The Morgan fingerprint density at radius 3 is 2.48 bits per heavy atom. The zero-order valence-corrected chi connectivity index (χ0v) is 13.8. The van der Waals surface area contributed by atoms with Crippen molar-refractivity contribution < 1.29 is 14.3 Å². The Balaban J connectivity index is 1.72. The minimum atomic E-state index is -0.546. The van der Waals surface area contributed by atoms with E-state index in [2.05, 4.69) is 5.32 Å². The molecule has 0 aromatic heterocycles. The molecule has 4 heteroatoms. The minimum Gasteiger partial charge on any atom is -0.492 e. The van der Waals surface area contributed by atoms with Gasteiger partial charge in [0, 0.05) is 0 Å². The fourth-order valence-electron chi connectivity index (χ4n) is 2.05. The van der Waals surface area contributed by atoms with Gasteiger partial charge in [-0.15, -0.1) is 0 Å². The number of nitrogens with one attached hydrogen (secondary N) is 1. The maximum absolute atomic E-state index is 12.0. The molecule has 1 amide bonds. The number of para-hydroxylation sites is 1. The Morgan fingerprint density at radius 1 is 1.09 bits per heavy atom. The van der Waals surface area contributed by atoms with Crippen LogP contribution in [0.2, 0.25) is 0 Å². The summed E-state index contributed by atoms with van der Waals surface area (Å²) in [6.07, 6.45) is -0.546. The molecule has 2 aromatic carbocycles. The second-order valence-electron chi connectivity index (χ2n) is 5.48. The number of rotatable bonds is 7. The maximum Gasteiger partial charge on any atom is 0.260 e. The van der Waals surface area contributed by atoms with Crippen molar-refractivity contribution in [1.82, 2.24) is 5.32 Å². The van der Waals surface area contributed by atoms with E-state index < -0.39 is 6.10 Å². The average molecular weight is 313 g/mol. The van der Waals surface area contributed by atoms with Gasteiger partial charge in [-0.2, -0.15) is 0 Å². The Morgan fingerprint density at radius 2 is 1.78 bits per heavy atom. The number of ether oxygens (including phenoxy) is 2. The lowest BCUT2D eigenvalue weighted by atomic mass is 10.2. The largest absolute Gasteiger partial charge is 0.492 e. The normalized spacial score (nSPS) is 11.6. The summed E-state index contributed by atoms with van der Waals surface area (Å²) in [4.78, 5) is 12.0. The average Bonchev–Trinajstić information content (AvgIpc) is 2.55. The van der Waals surface area contributed by atoms with Gasteiger partial charge in [-0.25, -0.2) is 0 Å². The molecular formula is C19H23NO3. The van der Waals surface area contributed by atoms with Crippen LogP contribution in [0.5, 0.6) is 11.5 Å². The first-order valence-corrected chi connectivity index (χ1v) is 7.76. The molecule has 0 aliphatic carbocycles. The number of hydrogen-bond acceptors (Lipinski definition) is 3. The molecular weight excluding hydrogens is 290 g/mol.